The zero-order valence-electron chi connectivity index (χ0n) is 34.0. The summed E-state index contributed by atoms with van der Waals surface area (Å²) in [6, 6.07) is 13.1. The van der Waals surface area contributed by atoms with E-state index in [4.69, 9.17) is 9.47 Å². The Kier molecular flexibility index (Phi) is 9.75. The van der Waals surface area contributed by atoms with Crippen molar-refractivity contribution in [1.82, 2.24) is 19.6 Å². The average Bonchev–Trinajstić information content (AvgIpc) is 3.77. The molecular formula is C45H51N7O7S. The van der Waals surface area contributed by atoms with Crippen molar-refractivity contribution in [3.05, 3.63) is 99.4 Å². The van der Waals surface area contributed by atoms with Crippen LogP contribution in [0.4, 0.5) is 17.1 Å². The maximum absolute atomic E-state index is 14.1. The third kappa shape index (κ3) is 6.93. The molecule has 1 amide bonds. The number of sulfonamides is 1. The van der Waals surface area contributed by atoms with E-state index in [2.05, 4.69) is 49.7 Å². The standard InChI is InChI=1S/C45H51N7O7S/c1-27-18-37(29-5-6-29)45(2)41-4-3-15-50(41)24-31-25-51(26-36(27)42(31)45)32-7-9-35(40(20-32)59-33-19-30-11-14-46-43(30)48-23-33)44(53)49-60(56,57)34-8-10-38(39(21-34)52(54)55)47-22-28-12-16-58-17-13-28/h7-11,14,18-21,23,27-29,31,41,47H,3-6,12-13,15-17,22,24-26H2,1-2H3,(H,46,48)(H,49,53)/t27?,31?,41-,45?/m0/s1. The zero-order chi connectivity index (χ0) is 41.3. The number of hydrogen-bond donors (Lipinski definition) is 3. The SMILES string of the molecule is CC1C=C(C2CC2)C2(C)C3=C1CN(c1ccc(C(=O)NS(=O)(=O)c4ccc(NCC5CCOCC5)c([N+](=O)[O-])c4)c(Oc4cnc5[nH]ccc5c4)c1)CC3CN1CCC[C@H]12. The van der Waals surface area contributed by atoms with E-state index in [1.54, 1.807) is 29.6 Å². The molecule has 4 fully saturated rings. The predicted octanol–water partition coefficient (Wildman–Crippen LogP) is 7.42. The first-order valence-electron chi connectivity index (χ1n) is 21.3. The van der Waals surface area contributed by atoms with Crippen molar-refractivity contribution in [3.8, 4) is 11.5 Å². The molecule has 314 valence electrons. The number of pyridine rings is 1. The van der Waals surface area contributed by atoms with Crippen LogP contribution in [-0.4, -0.2) is 86.1 Å². The number of rotatable bonds is 11. The van der Waals surface area contributed by atoms with Crippen molar-refractivity contribution in [3.63, 3.8) is 0 Å². The number of benzene rings is 2. The first-order chi connectivity index (χ1) is 29.0. The van der Waals surface area contributed by atoms with Crippen LogP contribution >= 0.6 is 0 Å². The normalized spacial score (nSPS) is 25.7. The van der Waals surface area contributed by atoms with E-state index in [1.807, 2.05) is 24.3 Å². The van der Waals surface area contributed by atoms with E-state index < -0.39 is 31.4 Å². The van der Waals surface area contributed by atoms with Crippen LogP contribution < -0.4 is 19.7 Å². The number of H-pyrrole nitrogens is 1. The first-order valence-corrected chi connectivity index (χ1v) is 22.8. The van der Waals surface area contributed by atoms with Gasteiger partial charge in [0.2, 0.25) is 0 Å². The van der Waals surface area contributed by atoms with E-state index in [0.29, 0.717) is 55.0 Å². The number of hydrogen-bond acceptors (Lipinski definition) is 11. The summed E-state index contributed by atoms with van der Waals surface area (Å²) in [6.45, 7) is 10.3. The molecule has 2 aromatic carbocycles. The maximum Gasteiger partial charge on any atom is 0.293 e. The van der Waals surface area contributed by atoms with Gasteiger partial charge in [-0.25, -0.2) is 18.1 Å². The van der Waals surface area contributed by atoms with Gasteiger partial charge in [0.05, 0.1) is 21.6 Å². The highest BCUT2D eigenvalue weighted by atomic mass is 32.2. The van der Waals surface area contributed by atoms with Crippen LogP contribution in [0.2, 0.25) is 0 Å². The molecule has 2 aliphatic carbocycles. The second-order valence-corrected chi connectivity index (χ2v) is 19.4. The van der Waals surface area contributed by atoms with Gasteiger partial charge in [0.25, 0.3) is 21.6 Å². The number of aromatic nitrogens is 2. The fraction of sp³-hybridized carbons (Fsp3) is 0.467. The Labute approximate surface area is 349 Å². The number of carbonyl (C=O) groups excluding carboxylic acids is 1. The van der Waals surface area contributed by atoms with Gasteiger partial charge in [-0.3, -0.25) is 19.8 Å². The van der Waals surface area contributed by atoms with Crippen LogP contribution in [0, 0.1) is 39.2 Å². The van der Waals surface area contributed by atoms with E-state index >= 15 is 0 Å². The molecular weight excluding hydrogens is 783 g/mol. The van der Waals surface area contributed by atoms with Gasteiger partial charge in [-0.1, -0.05) is 31.1 Å². The number of allylic oxidation sites excluding steroid dienone is 1. The summed E-state index contributed by atoms with van der Waals surface area (Å²) in [5.74, 6) is 1.26. The Morgan fingerprint density at radius 2 is 1.90 bits per heavy atom. The quantitative estimate of drug-likeness (QED) is 0.0780. The van der Waals surface area contributed by atoms with E-state index in [9.17, 15) is 23.3 Å². The Morgan fingerprint density at radius 1 is 1.07 bits per heavy atom. The van der Waals surface area contributed by atoms with Gasteiger partial charge >= 0.3 is 0 Å². The van der Waals surface area contributed by atoms with Gasteiger partial charge in [-0.2, -0.15) is 0 Å². The average molecular weight is 834 g/mol. The van der Waals surface area contributed by atoms with Crippen molar-refractivity contribution in [1.29, 1.82) is 0 Å². The summed E-state index contributed by atoms with van der Waals surface area (Å²) in [7, 11) is -4.55. The molecule has 3 unspecified atom stereocenters. The lowest BCUT2D eigenvalue weighted by Gasteiger charge is -2.58. The molecule has 60 heavy (non-hydrogen) atoms. The number of carbonyl (C=O) groups is 1. The molecule has 2 aromatic heterocycles. The summed E-state index contributed by atoms with van der Waals surface area (Å²) in [5.41, 5.74) is 6.21. The molecule has 4 atom stereocenters. The Morgan fingerprint density at radius 3 is 2.70 bits per heavy atom. The number of piperidine rings is 1. The molecule has 6 heterocycles. The third-order valence-corrected chi connectivity index (χ3v) is 15.3. The molecule has 4 aromatic rings. The number of ether oxygens (including phenoxy) is 2. The van der Waals surface area contributed by atoms with Crippen LogP contribution in [0.15, 0.2) is 88.6 Å². The van der Waals surface area contributed by atoms with Gasteiger partial charge < -0.3 is 24.7 Å². The molecule has 1 saturated carbocycles. The first kappa shape index (κ1) is 38.9. The van der Waals surface area contributed by atoms with E-state index in [1.165, 1.54) is 43.4 Å². The molecule has 15 heteroatoms. The molecule has 0 spiro atoms. The van der Waals surface area contributed by atoms with Crippen molar-refractivity contribution < 1.29 is 27.6 Å². The van der Waals surface area contributed by atoms with Crippen LogP contribution in [-0.2, 0) is 14.8 Å². The Hall–Kier alpha value is -5.25. The van der Waals surface area contributed by atoms with E-state index in [-0.39, 0.29) is 28.3 Å². The summed E-state index contributed by atoms with van der Waals surface area (Å²) in [4.78, 5) is 37.8. The molecule has 6 aliphatic rings. The number of nitrogens with zero attached hydrogens (tertiary/aromatic N) is 4. The monoisotopic (exact) mass is 833 g/mol. The van der Waals surface area contributed by atoms with Crippen LogP contribution in [0.5, 0.6) is 11.5 Å². The lowest BCUT2D eigenvalue weighted by Crippen LogP contribution is -2.59. The number of amides is 1. The highest BCUT2D eigenvalue weighted by Crippen LogP contribution is 2.61. The third-order valence-electron chi connectivity index (χ3n) is 14.0. The smallest absolute Gasteiger partial charge is 0.293 e. The Bertz CT molecular complexity index is 2560. The number of anilines is 2. The summed E-state index contributed by atoms with van der Waals surface area (Å²) in [5, 5.41) is 16.1. The topological polar surface area (TPSA) is 172 Å². The molecule has 0 radical (unpaired) electrons. The largest absolute Gasteiger partial charge is 0.455 e. The van der Waals surface area contributed by atoms with Crippen molar-refractivity contribution in [2.45, 2.75) is 63.3 Å². The van der Waals surface area contributed by atoms with Gasteiger partial charge in [0, 0.05) is 86.2 Å². The minimum absolute atomic E-state index is 0.00848. The number of nitro benzene ring substituents is 1. The highest BCUT2D eigenvalue weighted by Gasteiger charge is 2.57. The zero-order valence-corrected chi connectivity index (χ0v) is 34.8. The lowest BCUT2D eigenvalue weighted by atomic mass is 9.56. The minimum atomic E-state index is -4.55. The predicted molar refractivity (Wildman–Crippen MR) is 228 cm³/mol. The van der Waals surface area contributed by atoms with E-state index in [0.717, 1.165) is 56.2 Å². The highest BCUT2D eigenvalue weighted by molar-refractivity contribution is 7.90. The van der Waals surface area contributed by atoms with Crippen LogP contribution in [0.1, 0.15) is 62.7 Å². The summed E-state index contributed by atoms with van der Waals surface area (Å²) in [6.07, 6.45) is 12.6. The van der Waals surface area contributed by atoms with Gasteiger partial charge in [-0.05, 0) is 105 Å². The van der Waals surface area contributed by atoms with Gasteiger partial charge in [0.1, 0.15) is 22.8 Å². The summed E-state index contributed by atoms with van der Waals surface area (Å²) < 4.78 is 41.6. The second kappa shape index (κ2) is 15.0. The van der Waals surface area contributed by atoms with Gasteiger partial charge in [-0.15, -0.1) is 0 Å². The maximum atomic E-state index is 14.1. The number of fused-ring (bicyclic) bond motifs is 3. The number of nitrogens with one attached hydrogen (secondary N) is 3. The Balaban J connectivity index is 0.956. The molecule has 14 nitrogen and oxygen atoms in total. The molecule has 3 saturated heterocycles. The minimum Gasteiger partial charge on any atom is -0.455 e. The molecule has 4 aliphatic heterocycles. The van der Waals surface area contributed by atoms with Gasteiger partial charge in [0.15, 0.2) is 0 Å². The van der Waals surface area contributed by atoms with Crippen molar-refractivity contribution >= 4 is 44.0 Å². The fourth-order valence-electron chi connectivity index (χ4n) is 11.0. The van der Waals surface area contributed by atoms with Crippen LogP contribution in [0.3, 0.4) is 0 Å². The lowest BCUT2D eigenvalue weighted by molar-refractivity contribution is -0.384. The van der Waals surface area contributed by atoms with Crippen molar-refractivity contribution in [2.24, 2.45) is 29.1 Å². The van der Waals surface area contributed by atoms with Crippen molar-refractivity contribution in [2.75, 3.05) is 56.2 Å². The number of nitro groups is 1. The van der Waals surface area contributed by atoms with Crippen LogP contribution in [0.25, 0.3) is 11.0 Å². The number of aromatic amines is 1. The molecule has 0 bridgehead atoms. The fourth-order valence-corrected chi connectivity index (χ4v) is 12.0. The molecule has 3 N–H and O–H groups in total. The second-order valence-electron chi connectivity index (χ2n) is 17.7. The molecule has 10 rings (SSSR count). The summed E-state index contributed by atoms with van der Waals surface area (Å²) >= 11 is 0.